The van der Waals surface area contributed by atoms with E-state index in [0.29, 0.717) is 0 Å². The van der Waals surface area contributed by atoms with E-state index in [1.165, 1.54) is 0 Å². The van der Waals surface area contributed by atoms with Gasteiger partial charge in [0.15, 0.2) is 0 Å². The van der Waals surface area contributed by atoms with Gasteiger partial charge in [-0.05, 0) is 23.5 Å². The number of benzene rings is 2. The van der Waals surface area contributed by atoms with Crippen molar-refractivity contribution in [2.75, 3.05) is 14.1 Å². The van der Waals surface area contributed by atoms with Gasteiger partial charge in [0.2, 0.25) is 5.91 Å². The molecule has 1 aliphatic rings. The minimum Gasteiger partial charge on any atom is -0.445 e. The largest absolute Gasteiger partial charge is 0.445 e. The molecule has 2 aromatic rings. The standard InChI is InChI=1S/C21H24N2O3/c1-23(2)20(24)18-13-17(18)19(16-11-7-4-8-12-16)22-21(25)26-14-15-9-5-3-6-10-15/h3-12,17-19H,13-14H2,1-2H3,(H,22,25)/t17-,18-,19+/m1/s1. The minimum atomic E-state index is -0.467. The monoisotopic (exact) mass is 352 g/mol. The second-order valence-electron chi connectivity index (χ2n) is 6.83. The molecule has 3 atom stereocenters. The molecule has 0 heterocycles. The van der Waals surface area contributed by atoms with Crippen molar-refractivity contribution < 1.29 is 14.3 Å². The highest BCUT2D eigenvalue weighted by atomic mass is 16.5. The quantitative estimate of drug-likeness (QED) is 0.867. The number of hydrogen-bond acceptors (Lipinski definition) is 3. The van der Waals surface area contributed by atoms with Crippen LogP contribution in [0.5, 0.6) is 0 Å². The van der Waals surface area contributed by atoms with Crippen molar-refractivity contribution in [1.29, 1.82) is 0 Å². The Morgan fingerprint density at radius 1 is 1.08 bits per heavy atom. The molecular weight excluding hydrogens is 328 g/mol. The van der Waals surface area contributed by atoms with Crippen LogP contribution in [0.4, 0.5) is 4.79 Å². The lowest BCUT2D eigenvalue weighted by Crippen LogP contribution is -2.32. The van der Waals surface area contributed by atoms with Crippen molar-refractivity contribution in [2.45, 2.75) is 19.1 Å². The second kappa shape index (κ2) is 8.04. The summed E-state index contributed by atoms with van der Waals surface area (Å²) in [5.74, 6) is 0.150. The van der Waals surface area contributed by atoms with Gasteiger partial charge in [0.05, 0.1) is 6.04 Å². The molecule has 0 aromatic heterocycles. The first-order valence-corrected chi connectivity index (χ1v) is 8.79. The average molecular weight is 352 g/mol. The topological polar surface area (TPSA) is 58.6 Å². The Hall–Kier alpha value is -2.82. The summed E-state index contributed by atoms with van der Waals surface area (Å²) in [5.41, 5.74) is 1.93. The van der Waals surface area contributed by atoms with E-state index >= 15 is 0 Å². The maximum absolute atomic E-state index is 12.3. The summed E-state index contributed by atoms with van der Waals surface area (Å²) in [6, 6.07) is 19.1. The number of amides is 2. The van der Waals surface area contributed by atoms with Crippen LogP contribution in [0, 0.1) is 11.8 Å². The molecule has 2 amide bonds. The number of rotatable bonds is 6. The van der Waals surface area contributed by atoms with E-state index in [0.717, 1.165) is 17.5 Å². The van der Waals surface area contributed by atoms with Crippen molar-refractivity contribution in [2.24, 2.45) is 11.8 Å². The highest BCUT2D eigenvalue weighted by Gasteiger charge is 2.49. The molecule has 5 nitrogen and oxygen atoms in total. The van der Waals surface area contributed by atoms with E-state index in [2.05, 4.69) is 5.32 Å². The maximum Gasteiger partial charge on any atom is 0.407 e. The molecule has 136 valence electrons. The van der Waals surface area contributed by atoms with Gasteiger partial charge < -0.3 is 15.0 Å². The number of hydrogen-bond donors (Lipinski definition) is 1. The first-order valence-electron chi connectivity index (χ1n) is 8.79. The van der Waals surface area contributed by atoms with Crippen molar-refractivity contribution in [3.05, 3.63) is 71.8 Å². The van der Waals surface area contributed by atoms with Gasteiger partial charge in [-0.3, -0.25) is 4.79 Å². The zero-order chi connectivity index (χ0) is 18.5. The molecule has 0 aliphatic heterocycles. The summed E-state index contributed by atoms with van der Waals surface area (Å²) < 4.78 is 5.36. The van der Waals surface area contributed by atoms with Crippen LogP contribution in [0.15, 0.2) is 60.7 Å². The first kappa shape index (κ1) is 18.0. The van der Waals surface area contributed by atoms with Crippen LogP contribution < -0.4 is 5.32 Å². The summed E-state index contributed by atoms with van der Waals surface area (Å²) in [4.78, 5) is 26.2. The van der Waals surface area contributed by atoms with Gasteiger partial charge >= 0.3 is 6.09 Å². The number of nitrogens with one attached hydrogen (secondary N) is 1. The molecule has 3 rings (SSSR count). The van der Waals surface area contributed by atoms with Crippen molar-refractivity contribution >= 4 is 12.0 Å². The van der Waals surface area contributed by atoms with Gasteiger partial charge in [0, 0.05) is 20.0 Å². The lowest BCUT2D eigenvalue weighted by molar-refractivity contribution is -0.130. The highest BCUT2D eigenvalue weighted by molar-refractivity contribution is 5.81. The van der Waals surface area contributed by atoms with E-state index in [9.17, 15) is 9.59 Å². The van der Waals surface area contributed by atoms with Crippen LogP contribution in [-0.4, -0.2) is 31.0 Å². The molecule has 1 fully saturated rings. The van der Waals surface area contributed by atoms with Crippen LogP contribution in [0.2, 0.25) is 0 Å². The fraction of sp³-hybridized carbons (Fsp3) is 0.333. The second-order valence-corrected chi connectivity index (χ2v) is 6.83. The summed E-state index contributed by atoms with van der Waals surface area (Å²) in [6.07, 6.45) is 0.306. The molecule has 0 radical (unpaired) electrons. The summed E-state index contributed by atoms with van der Waals surface area (Å²) in [6.45, 7) is 0.221. The normalized spacial score (nSPS) is 19.3. The van der Waals surface area contributed by atoms with Crippen LogP contribution in [0.25, 0.3) is 0 Å². The lowest BCUT2D eigenvalue weighted by atomic mass is 10.0. The summed E-state index contributed by atoms with van der Waals surface area (Å²) >= 11 is 0. The zero-order valence-electron chi connectivity index (χ0n) is 15.1. The molecule has 1 aliphatic carbocycles. The predicted molar refractivity (Wildman–Crippen MR) is 99.2 cm³/mol. The van der Waals surface area contributed by atoms with Crippen molar-refractivity contribution in [3.63, 3.8) is 0 Å². The molecule has 1 N–H and O–H groups in total. The summed E-state index contributed by atoms with van der Waals surface area (Å²) in [7, 11) is 3.52. The summed E-state index contributed by atoms with van der Waals surface area (Å²) in [5, 5.41) is 2.96. The molecule has 26 heavy (non-hydrogen) atoms. The third-order valence-electron chi connectivity index (χ3n) is 4.67. The van der Waals surface area contributed by atoms with Gasteiger partial charge in [-0.1, -0.05) is 60.7 Å². The molecule has 0 unspecified atom stereocenters. The van der Waals surface area contributed by atoms with E-state index in [1.807, 2.05) is 60.7 Å². The fourth-order valence-electron chi connectivity index (χ4n) is 3.19. The number of ether oxygens (including phenoxy) is 1. The molecule has 2 aromatic carbocycles. The number of alkyl carbamates (subject to hydrolysis) is 1. The maximum atomic E-state index is 12.3. The van der Waals surface area contributed by atoms with E-state index in [4.69, 9.17) is 4.74 Å². The number of carbonyl (C=O) groups excluding carboxylic acids is 2. The molecule has 0 spiro atoms. The smallest absolute Gasteiger partial charge is 0.407 e. The van der Waals surface area contributed by atoms with Crippen molar-refractivity contribution in [1.82, 2.24) is 10.2 Å². The Kier molecular flexibility index (Phi) is 5.56. The Morgan fingerprint density at radius 3 is 2.31 bits per heavy atom. The predicted octanol–water partition coefficient (Wildman–Crippen LogP) is 3.38. The van der Waals surface area contributed by atoms with Crippen LogP contribution >= 0.6 is 0 Å². The zero-order valence-corrected chi connectivity index (χ0v) is 15.1. The lowest BCUT2D eigenvalue weighted by Gasteiger charge is -2.20. The van der Waals surface area contributed by atoms with Crippen LogP contribution in [0.3, 0.4) is 0 Å². The van der Waals surface area contributed by atoms with E-state index < -0.39 is 6.09 Å². The SMILES string of the molecule is CN(C)C(=O)[C@@H]1C[C@H]1[C@@H](NC(=O)OCc1ccccc1)c1ccccc1. The molecule has 0 saturated heterocycles. The molecule has 0 bridgehead atoms. The van der Waals surface area contributed by atoms with Gasteiger partial charge in [-0.25, -0.2) is 4.79 Å². The third kappa shape index (κ3) is 4.42. The van der Waals surface area contributed by atoms with Gasteiger partial charge in [0.1, 0.15) is 6.61 Å². The highest BCUT2D eigenvalue weighted by Crippen LogP contribution is 2.48. The molecule has 1 saturated carbocycles. The fourth-order valence-corrected chi connectivity index (χ4v) is 3.19. The Labute approximate surface area is 154 Å². The van der Waals surface area contributed by atoms with Crippen LogP contribution in [0.1, 0.15) is 23.6 Å². The van der Waals surface area contributed by atoms with Gasteiger partial charge in [-0.15, -0.1) is 0 Å². The average Bonchev–Trinajstić information content (AvgIpc) is 3.45. The Balaban J connectivity index is 1.65. The van der Waals surface area contributed by atoms with Crippen LogP contribution in [-0.2, 0) is 16.1 Å². The van der Waals surface area contributed by atoms with E-state index in [-0.39, 0.29) is 30.4 Å². The molecular formula is C21H24N2O3. The molecule has 5 heteroatoms. The Bertz CT molecular complexity index is 746. The number of carbonyl (C=O) groups is 2. The van der Waals surface area contributed by atoms with Crippen molar-refractivity contribution in [3.8, 4) is 0 Å². The van der Waals surface area contributed by atoms with Gasteiger partial charge in [-0.2, -0.15) is 0 Å². The van der Waals surface area contributed by atoms with E-state index in [1.54, 1.807) is 19.0 Å². The third-order valence-corrected chi connectivity index (χ3v) is 4.67. The Morgan fingerprint density at radius 2 is 1.69 bits per heavy atom. The number of nitrogens with zero attached hydrogens (tertiary/aromatic N) is 1. The van der Waals surface area contributed by atoms with Gasteiger partial charge in [0.25, 0.3) is 0 Å². The first-order chi connectivity index (χ1) is 12.6. The minimum absolute atomic E-state index is 0.0513.